The predicted octanol–water partition coefficient (Wildman–Crippen LogP) is 2.10. The van der Waals surface area contributed by atoms with Gasteiger partial charge in [-0.15, -0.1) is 0 Å². The van der Waals surface area contributed by atoms with Crippen molar-refractivity contribution in [2.45, 2.75) is 30.7 Å². The fourth-order valence-electron chi connectivity index (χ4n) is 1.90. The number of sulfonamides is 1. The van der Waals surface area contributed by atoms with Gasteiger partial charge in [-0.1, -0.05) is 24.6 Å². The average Bonchev–Trinajstić information content (AvgIpc) is 3.01. The van der Waals surface area contributed by atoms with Crippen molar-refractivity contribution >= 4 is 27.3 Å². The summed E-state index contributed by atoms with van der Waals surface area (Å²) >= 11 is 5.95. The van der Waals surface area contributed by atoms with E-state index in [-0.39, 0.29) is 21.6 Å². The minimum absolute atomic E-state index is 0.0374. The van der Waals surface area contributed by atoms with E-state index in [9.17, 15) is 8.42 Å². The molecule has 1 fully saturated rings. The molecule has 0 atom stereocenters. The normalized spacial score (nSPS) is 16.4. The second-order valence-electron chi connectivity index (χ2n) is 4.10. The molecule has 1 aliphatic rings. The van der Waals surface area contributed by atoms with Gasteiger partial charge in [0.2, 0.25) is 10.0 Å². The number of nitrogens with zero attached hydrogens (tertiary/aromatic N) is 1. The monoisotopic (exact) mass is 274 g/mol. The molecule has 0 saturated heterocycles. The van der Waals surface area contributed by atoms with Crippen LogP contribution in [0.4, 0.5) is 5.69 Å². The Morgan fingerprint density at radius 2 is 2.12 bits per heavy atom. The lowest BCUT2D eigenvalue weighted by molar-refractivity contribution is 0.421. The van der Waals surface area contributed by atoms with Gasteiger partial charge in [-0.25, -0.2) is 8.42 Å². The molecule has 17 heavy (non-hydrogen) atoms. The highest BCUT2D eigenvalue weighted by molar-refractivity contribution is 7.89. The van der Waals surface area contributed by atoms with Crippen LogP contribution in [0.15, 0.2) is 23.1 Å². The van der Waals surface area contributed by atoms with Crippen LogP contribution < -0.4 is 5.73 Å². The third kappa shape index (κ3) is 2.27. The van der Waals surface area contributed by atoms with Crippen LogP contribution >= 0.6 is 11.6 Å². The number of halogens is 1. The summed E-state index contributed by atoms with van der Waals surface area (Å²) in [6.45, 7) is 2.26. The molecule has 6 heteroatoms. The molecule has 94 valence electrons. The highest BCUT2D eigenvalue weighted by Gasteiger charge is 2.38. The van der Waals surface area contributed by atoms with Crippen LogP contribution in [-0.4, -0.2) is 25.3 Å². The zero-order valence-corrected chi connectivity index (χ0v) is 11.1. The Hall–Kier alpha value is -0.780. The zero-order valence-electron chi connectivity index (χ0n) is 9.56. The minimum Gasteiger partial charge on any atom is -0.398 e. The molecule has 1 aliphatic carbocycles. The van der Waals surface area contributed by atoms with Gasteiger partial charge in [-0.2, -0.15) is 4.31 Å². The lowest BCUT2D eigenvalue weighted by Crippen LogP contribution is -2.33. The van der Waals surface area contributed by atoms with Crippen molar-refractivity contribution in [3.05, 3.63) is 23.2 Å². The van der Waals surface area contributed by atoms with Crippen LogP contribution in [0.2, 0.25) is 5.02 Å². The van der Waals surface area contributed by atoms with Crippen molar-refractivity contribution < 1.29 is 8.42 Å². The summed E-state index contributed by atoms with van der Waals surface area (Å²) in [5.41, 5.74) is 5.94. The second-order valence-corrected chi connectivity index (χ2v) is 6.33. The van der Waals surface area contributed by atoms with E-state index in [0.717, 1.165) is 12.8 Å². The largest absolute Gasteiger partial charge is 0.398 e. The molecule has 0 aliphatic heterocycles. The van der Waals surface area contributed by atoms with Gasteiger partial charge in [-0.3, -0.25) is 0 Å². The van der Waals surface area contributed by atoms with E-state index in [1.54, 1.807) is 18.2 Å². The van der Waals surface area contributed by atoms with Crippen LogP contribution in [0, 0.1) is 0 Å². The number of hydrogen-bond acceptors (Lipinski definition) is 3. The maximum atomic E-state index is 12.4. The number of nitrogens with two attached hydrogens (primary N) is 1. The number of hydrogen-bond donors (Lipinski definition) is 1. The van der Waals surface area contributed by atoms with E-state index >= 15 is 0 Å². The van der Waals surface area contributed by atoms with Crippen molar-refractivity contribution in [3.8, 4) is 0 Å². The first kappa shape index (κ1) is 12.7. The van der Waals surface area contributed by atoms with Crippen molar-refractivity contribution in [3.63, 3.8) is 0 Å². The fourth-order valence-corrected chi connectivity index (χ4v) is 4.23. The van der Waals surface area contributed by atoms with Gasteiger partial charge in [0, 0.05) is 12.6 Å². The molecule has 2 N–H and O–H groups in total. The van der Waals surface area contributed by atoms with Crippen molar-refractivity contribution in [2.75, 3.05) is 12.3 Å². The summed E-state index contributed by atoms with van der Waals surface area (Å²) in [6.07, 6.45) is 1.83. The van der Waals surface area contributed by atoms with Gasteiger partial charge in [0.05, 0.1) is 10.7 Å². The number of rotatable bonds is 4. The van der Waals surface area contributed by atoms with E-state index in [1.807, 2.05) is 6.92 Å². The first-order valence-electron chi connectivity index (χ1n) is 5.54. The molecule has 0 bridgehead atoms. The first-order valence-corrected chi connectivity index (χ1v) is 7.36. The predicted molar refractivity (Wildman–Crippen MR) is 68.5 cm³/mol. The molecule has 0 radical (unpaired) electrons. The van der Waals surface area contributed by atoms with Crippen LogP contribution in [0.1, 0.15) is 19.8 Å². The maximum Gasteiger partial charge on any atom is 0.246 e. The van der Waals surface area contributed by atoms with Crippen LogP contribution in [0.3, 0.4) is 0 Å². The van der Waals surface area contributed by atoms with Gasteiger partial charge in [0.1, 0.15) is 4.90 Å². The molecular formula is C11H15ClN2O2S. The van der Waals surface area contributed by atoms with Crippen LogP contribution in [-0.2, 0) is 10.0 Å². The maximum absolute atomic E-state index is 12.4. The Balaban J connectivity index is 2.50. The van der Waals surface area contributed by atoms with Crippen molar-refractivity contribution in [1.82, 2.24) is 4.31 Å². The summed E-state index contributed by atoms with van der Waals surface area (Å²) in [5.74, 6) is 0. The molecular weight excluding hydrogens is 260 g/mol. The topological polar surface area (TPSA) is 63.4 Å². The fraction of sp³-hybridized carbons (Fsp3) is 0.455. The Bertz CT molecular complexity index is 506. The van der Waals surface area contributed by atoms with Gasteiger partial charge in [0.15, 0.2) is 0 Å². The first-order chi connectivity index (χ1) is 7.98. The molecule has 0 unspecified atom stereocenters. The summed E-state index contributed by atoms with van der Waals surface area (Å²) in [6, 6.07) is 4.86. The number of nitrogen functional groups attached to an aromatic ring is 1. The van der Waals surface area contributed by atoms with Gasteiger partial charge in [-0.05, 0) is 25.0 Å². The standard InChI is InChI=1S/C11H15ClN2O2S/c1-2-14(8-6-7-8)17(15,16)11-9(12)4-3-5-10(11)13/h3-5,8H,2,6-7,13H2,1H3. The lowest BCUT2D eigenvalue weighted by Gasteiger charge is -2.21. The van der Waals surface area contributed by atoms with Crippen molar-refractivity contribution in [1.29, 1.82) is 0 Å². The number of benzene rings is 1. The Morgan fingerprint density at radius 3 is 2.59 bits per heavy atom. The molecule has 1 aromatic rings. The van der Waals surface area contributed by atoms with E-state index in [1.165, 1.54) is 4.31 Å². The summed E-state index contributed by atoms with van der Waals surface area (Å²) in [5, 5.41) is 0.184. The molecule has 1 saturated carbocycles. The number of anilines is 1. The van der Waals surface area contributed by atoms with E-state index in [0.29, 0.717) is 6.54 Å². The van der Waals surface area contributed by atoms with E-state index in [4.69, 9.17) is 17.3 Å². The lowest BCUT2D eigenvalue weighted by atomic mass is 10.3. The third-order valence-corrected chi connectivity index (χ3v) is 5.40. The molecule has 0 aromatic heterocycles. The molecule has 0 heterocycles. The zero-order chi connectivity index (χ0) is 12.6. The smallest absolute Gasteiger partial charge is 0.246 e. The molecule has 0 amide bonds. The van der Waals surface area contributed by atoms with Gasteiger partial charge in [0.25, 0.3) is 0 Å². The second kappa shape index (κ2) is 4.48. The molecule has 0 spiro atoms. The molecule has 1 aromatic carbocycles. The van der Waals surface area contributed by atoms with Crippen LogP contribution in [0.25, 0.3) is 0 Å². The van der Waals surface area contributed by atoms with Crippen LogP contribution in [0.5, 0.6) is 0 Å². The Labute approximate surface area is 106 Å². The molecule has 2 rings (SSSR count). The summed E-state index contributed by atoms with van der Waals surface area (Å²) < 4.78 is 26.4. The Kier molecular flexibility index (Phi) is 3.34. The summed E-state index contributed by atoms with van der Waals surface area (Å²) in [7, 11) is -3.57. The SMILES string of the molecule is CCN(C1CC1)S(=O)(=O)c1c(N)cccc1Cl. The van der Waals surface area contributed by atoms with Crippen molar-refractivity contribution in [2.24, 2.45) is 0 Å². The van der Waals surface area contributed by atoms with E-state index in [2.05, 4.69) is 0 Å². The van der Waals surface area contributed by atoms with Gasteiger partial charge >= 0.3 is 0 Å². The molecule has 4 nitrogen and oxygen atoms in total. The van der Waals surface area contributed by atoms with E-state index < -0.39 is 10.0 Å². The Morgan fingerprint density at radius 1 is 1.47 bits per heavy atom. The third-order valence-electron chi connectivity index (χ3n) is 2.83. The average molecular weight is 275 g/mol. The highest BCUT2D eigenvalue weighted by atomic mass is 35.5. The van der Waals surface area contributed by atoms with Gasteiger partial charge < -0.3 is 5.73 Å². The highest BCUT2D eigenvalue weighted by Crippen LogP contribution is 2.36. The minimum atomic E-state index is -3.57. The quantitative estimate of drug-likeness (QED) is 0.855. The summed E-state index contributed by atoms with van der Waals surface area (Å²) in [4.78, 5) is 0.0374.